The number of benzene rings is 1. The lowest BCUT2D eigenvalue weighted by atomic mass is 10.3. The van der Waals surface area contributed by atoms with E-state index < -0.39 is 0 Å². The number of aromatic amines is 1. The quantitative estimate of drug-likeness (QED) is 0.856. The Hall–Kier alpha value is -1.97. The molecule has 2 aromatic rings. The molecule has 1 N–H and O–H groups in total. The SMILES string of the molecule is CC(C)Oc1cccc(-n2[nH]ccc2=O)c1. The summed E-state index contributed by atoms with van der Waals surface area (Å²) in [6, 6.07) is 8.90. The molecule has 0 amide bonds. The van der Waals surface area contributed by atoms with Crippen LogP contribution in [-0.2, 0) is 0 Å². The van der Waals surface area contributed by atoms with Crippen molar-refractivity contribution < 1.29 is 4.74 Å². The lowest BCUT2D eigenvalue weighted by Gasteiger charge is -2.10. The van der Waals surface area contributed by atoms with Gasteiger partial charge in [-0.05, 0) is 26.0 Å². The number of H-pyrrole nitrogens is 1. The van der Waals surface area contributed by atoms with E-state index in [2.05, 4.69) is 5.10 Å². The van der Waals surface area contributed by atoms with Crippen LogP contribution in [0.2, 0.25) is 0 Å². The molecule has 0 aliphatic heterocycles. The largest absolute Gasteiger partial charge is 0.491 e. The zero-order valence-corrected chi connectivity index (χ0v) is 9.31. The second-order valence-corrected chi connectivity index (χ2v) is 3.80. The first-order valence-corrected chi connectivity index (χ1v) is 5.20. The number of ether oxygens (including phenoxy) is 1. The Labute approximate surface area is 93.5 Å². The Balaban J connectivity index is 2.36. The average molecular weight is 218 g/mol. The Morgan fingerprint density at radius 2 is 2.12 bits per heavy atom. The van der Waals surface area contributed by atoms with Crippen molar-refractivity contribution in [2.24, 2.45) is 0 Å². The number of nitrogens with one attached hydrogen (secondary N) is 1. The van der Waals surface area contributed by atoms with E-state index in [1.807, 2.05) is 38.1 Å². The smallest absolute Gasteiger partial charge is 0.271 e. The average Bonchev–Trinajstić information content (AvgIpc) is 2.64. The van der Waals surface area contributed by atoms with E-state index in [-0.39, 0.29) is 11.7 Å². The molecule has 0 radical (unpaired) electrons. The van der Waals surface area contributed by atoms with E-state index in [4.69, 9.17) is 4.74 Å². The molecule has 0 spiro atoms. The molecular weight excluding hydrogens is 204 g/mol. The molecule has 0 saturated carbocycles. The summed E-state index contributed by atoms with van der Waals surface area (Å²) < 4.78 is 7.03. The Kier molecular flexibility index (Phi) is 2.81. The first-order chi connectivity index (χ1) is 7.66. The summed E-state index contributed by atoms with van der Waals surface area (Å²) in [6.07, 6.45) is 1.73. The molecule has 84 valence electrons. The van der Waals surface area contributed by atoms with Gasteiger partial charge in [-0.2, -0.15) is 0 Å². The van der Waals surface area contributed by atoms with Crippen molar-refractivity contribution >= 4 is 0 Å². The maximum absolute atomic E-state index is 11.4. The van der Waals surface area contributed by atoms with Gasteiger partial charge in [0.05, 0.1) is 11.8 Å². The van der Waals surface area contributed by atoms with Gasteiger partial charge in [-0.25, -0.2) is 4.68 Å². The van der Waals surface area contributed by atoms with Gasteiger partial charge in [0.2, 0.25) is 0 Å². The van der Waals surface area contributed by atoms with Crippen LogP contribution < -0.4 is 10.3 Å². The minimum Gasteiger partial charge on any atom is -0.491 e. The molecule has 1 heterocycles. The Bertz CT molecular complexity index is 526. The summed E-state index contributed by atoms with van der Waals surface area (Å²) in [5.74, 6) is 0.758. The molecule has 1 aromatic carbocycles. The van der Waals surface area contributed by atoms with Crippen molar-refractivity contribution in [3.63, 3.8) is 0 Å². The molecule has 0 saturated heterocycles. The van der Waals surface area contributed by atoms with Crippen LogP contribution in [0.25, 0.3) is 5.69 Å². The summed E-state index contributed by atoms with van der Waals surface area (Å²) in [4.78, 5) is 11.4. The summed E-state index contributed by atoms with van der Waals surface area (Å²) in [6.45, 7) is 3.93. The summed E-state index contributed by atoms with van der Waals surface area (Å²) in [5.41, 5.74) is 0.690. The number of rotatable bonds is 3. The lowest BCUT2D eigenvalue weighted by molar-refractivity contribution is 0.242. The number of hydrogen-bond acceptors (Lipinski definition) is 2. The van der Waals surface area contributed by atoms with Gasteiger partial charge in [0.25, 0.3) is 5.56 Å². The van der Waals surface area contributed by atoms with Gasteiger partial charge in [-0.15, -0.1) is 0 Å². The van der Waals surface area contributed by atoms with Gasteiger partial charge in [-0.3, -0.25) is 9.89 Å². The number of aromatic nitrogens is 2. The molecule has 0 aliphatic carbocycles. The third kappa shape index (κ3) is 2.16. The highest BCUT2D eigenvalue weighted by Gasteiger charge is 2.02. The number of hydrogen-bond donors (Lipinski definition) is 1. The van der Waals surface area contributed by atoms with Crippen LogP contribution in [0.3, 0.4) is 0 Å². The predicted molar refractivity (Wildman–Crippen MR) is 62.2 cm³/mol. The molecule has 4 heteroatoms. The van der Waals surface area contributed by atoms with Gasteiger partial charge < -0.3 is 4.74 Å². The van der Waals surface area contributed by atoms with Crippen molar-refractivity contribution in [3.05, 3.63) is 46.9 Å². The third-order valence-corrected chi connectivity index (χ3v) is 2.10. The monoisotopic (exact) mass is 218 g/mol. The van der Waals surface area contributed by atoms with E-state index in [1.54, 1.807) is 6.20 Å². The maximum Gasteiger partial charge on any atom is 0.271 e. The lowest BCUT2D eigenvalue weighted by Crippen LogP contribution is -2.13. The maximum atomic E-state index is 11.4. The van der Waals surface area contributed by atoms with Crippen LogP contribution in [-0.4, -0.2) is 15.9 Å². The van der Waals surface area contributed by atoms with E-state index in [0.717, 1.165) is 11.4 Å². The molecule has 0 fully saturated rings. The third-order valence-electron chi connectivity index (χ3n) is 2.10. The van der Waals surface area contributed by atoms with Gasteiger partial charge in [0.1, 0.15) is 5.75 Å². The fraction of sp³-hybridized carbons (Fsp3) is 0.250. The minimum absolute atomic E-state index is 0.0818. The van der Waals surface area contributed by atoms with Crippen molar-refractivity contribution in [2.75, 3.05) is 0 Å². The summed E-state index contributed by atoms with van der Waals surface area (Å²) >= 11 is 0. The summed E-state index contributed by atoms with van der Waals surface area (Å²) in [7, 11) is 0. The molecule has 0 unspecified atom stereocenters. The van der Waals surface area contributed by atoms with Crippen LogP contribution >= 0.6 is 0 Å². The topological polar surface area (TPSA) is 47.0 Å². The van der Waals surface area contributed by atoms with Crippen molar-refractivity contribution in [2.45, 2.75) is 20.0 Å². The highest BCUT2D eigenvalue weighted by molar-refractivity contribution is 5.38. The van der Waals surface area contributed by atoms with Crippen LogP contribution in [0.4, 0.5) is 0 Å². The Morgan fingerprint density at radius 3 is 2.75 bits per heavy atom. The summed E-state index contributed by atoms with van der Waals surface area (Å²) in [5, 5.41) is 2.85. The van der Waals surface area contributed by atoms with Gasteiger partial charge in [-0.1, -0.05) is 6.07 Å². The molecule has 4 nitrogen and oxygen atoms in total. The minimum atomic E-state index is -0.0818. The zero-order chi connectivity index (χ0) is 11.5. The normalized spacial score (nSPS) is 10.7. The van der Waals surface area contributed by atoms with Gasteiger partial charge >= 0.3 is 0 Å². The second kappa shape index (κ2) is 4.26. The van der Waals surface area contributed by atoms with Crippen LogP contribution in [0, 0.1) is 0 Å². The van der Waals surface area contributed by atoms with Crippen molar-refractivity contribution in [3.8, 4) is 11.4 Å². The molecule has 0 atom stereocenters. The fourth-order valence-corrected chi connectivity index (χ4v) is 1.49. The van der Waals surface area contributed by atoms with Gasteiger partial charge in [0, 0.05) is 18.3 Å². The molecule has 0 aliphatic rings. The van der Waals surface area contributed by atoms with Crippen LogP contribution in [0.1, 0.15) is 13.8 Å². The molecule has 2 rings (SSSR count). The van der Waals surface area contributed by atoms with E-state index in [0.29, 0.717) is 0 Å². The molecule has 16 heavy (non-hydrogen) atoms. The van der Waals surface area contributed by atoms with E-state index in [1.165, 1.54) is 10.7 Å². The second-order valence-electron chi connectivity index (χ2n) is 3.80. The highest BCUT2D eigenvalue weighted by Crippen LogP contribution is 2.16. The molecule has 0 bridgehead atoms. The Morgan fingerprint density at radius 1 is 1.31 bits per heavy atom. The van der Waals surface area contributed by atoms with E-state index in [9.17, 15) is 4.79 Å². The van der Waals surface area contributed by atoms with Crippen molar-refractivity contribution in [1.82, 2.24) is 9.78 Å². The van der Waals surface area contributed by atoms with Crippen LogP contribution in [0.15, 0.2) is 41.3 Å². The van der Waals surface area contributed by atoms with Crippen LogP contribution in [0.5, 0.6) is 5.75 Å². The molecule has 1 aromatic heterocycles. The first kappa shape index (κ1) is 10.5. The first-order valence-electron chi connectivity index (χ1n) is 5.20. The van der Waals surface area contributed by atoms with Crippen molar-refractivity contribution in [1.29, 1.82) is 0 Å². The number of nitrogens with zero attached hydrogens (tertiary/aromatic N) is 1. The standard InChI is InChI=1S/C12H14N2O2/c1-9(2)16-11-5-3-4-10(8-11)14-12(15)6-7-13-14/h3-9,13H,1-2H3. The zero-order valence-electron chi connectivity index (χ0n) is 9.31. The van der Waals surface area contributed by atoms with Gasteiger partial charge in [0.15, 0.2) is 0 Å². The molecular formula is C12H14N2O2. The highest BCUT2D eigenvalue weighted by atomic mass is 16.5. The van der Waals surface area contributed by atoms with E-state index >= 15 is 0 Å². The predicted octanol–water partition coefficient (Wildman–Crippen LogP) is 1.95. The fourth-order valence-electron chi connectivity index (χ4n) is 1.49.